The number of imidazole rings is 1. The molecule has 0 aliphatic carbocycles. The smallest absolute Gasteiger partial charge is 0.222 e. The van der Waals surface area contributed by atoms with Crippen LogP contribution >= 0.6 is 11.3 Å². The second kappa shape index (κ2) is 8.27. The standard InChI is InChI=1S/C19H23N3O2S/c1-3-18(23)21(11-12-24-2)10-9-16-14-25-19-20-17(13-22(16)19)15-7-5-4-6-8-15/h4-8,13-14H,3,9-12H2,1-2H3. The van der Waals surface area contributed by atoms with E-state index < -0.39 is 0 Å². The van der Waals surface area contributed by atoms with Crippen LogP contribution in [0.2, 0.25) is 0 Å². The number of carbonyl (C=O) groups excluding carboxylic acids is 1. The minimum atomic E-state index is 0.166. The van der Waals surface area contributed by atoms with Crippen molar-refractivity contribution in [3.8, 4) is 11.3 Å². The van der Waals surface area contributed by atoms with Crippen molar-refractivity contribution in [1.29, 1.82) is 0 Å². The van der Waals surface area contributed by atoms with Crippen LogP contribution in [-0.4, -0.2) is 47.0 Å². The Balaban J connectivity index is 1.75. The summed E-state index contributed by atoms with van der Waals surface area (Å²) in [6.45, 7) is 3.79. The molecule has 1 amide bonds. The molecule has 0 unspecified atom stereocenters. The van der Waals surface area contributed by atoms with Crippen LogP contribution in [0.1, 0.15) is 19.0 Å². The van der Waals surface area contributed by atoms with E-state index in [1.807, 2.05) is 30.0 Å². The molecular weight excluding hydrogens is 334 g/mol. The fourth-order valence-electron chi connectivity index (χ4n) is 2.79. The molecule has 0 aliphatic heterocycles. The lowest BCUT2D eigenvalue weighted by Gasteiger charge is -2.21. The average Bonchev–Trinajstić information content (AvgIpc) is 3.23. The summed E-state index contributed by atoms with van der Waals surface area (Å²) in [5.74, 6) is 0.166. The molecule has 0 atom stereocenters. The average molecular weight is 357 g/mol. The molecule has 2 heterocycles. The second-order valence-electron chi connectivity index (χ2n) is 5.85. The number of thiazole rings is 1. The molecule has 0 saturated carbocycles. The van der Waals surface area contributed by atoms with Gasteiger partial charge in [0.25, 0.3) is 0 Å². The molecule has 5 nitrogen and oxygen atoms in total. The van der Waals surface area contributed by atoms with Gasteiger partial charge < -0.3 is 9.64 Å². The van der Waals surface area contributed by atoms with Crippen LogP contribution in [0.15, 0.2) is 41.9 Å². The van der Waals surface area contributed by atoms with Gasteiger partial charge in [-0.25, -0.2) is 4.98 Å². The molecule has 25 heavy (non-hydrogen) atoms. The maximum absolute atomic E-state index is 12.1. The molecule has 0 spiro atoms. The zero-order valence-electron chi connectivity index (χ0n) is 14.6. The molecule has 0 bridgehead atoms. The predicted octanol–water partition coefficient (Wildman–Crippen LogP) is 3.49. The molecule has 1 aromatic carbocycles. The molecule has 2 aromatic heterocycles. The van der Waals surface area contributed by atoms with Gasteiger partial charge in [-0.1, -0.05) is 37.3 Å². The van der Waals surface area contributed by atoms with Crippen LogP contribution in [0.25, 0.3) is 16.2 Å². The second-order valence-corrected chi connectivity index (χ2v) is 6.69. The third kappa shape index (κ3) is 4.08. The number of hydrogen-bond acceptors (Lipinski definition) is 4. The number of aromatic nitrogens is 2. The lowest BCUT2D eigenvalue weighted by molar-refractivity contribution is -0.131. The molecule has 0 fully saturated rings. The van der Waals surface area contributed by atoms with Gasteiger partial charge in [-0.3, -0.25) is 9.20 Å². The first-order valence-corrected chi connectivity index (χ1v) is 9.38. The topological polar surface area (TPSA) is 46.8 Å². The normalized spacial score (nSPS) is 11.1. The van der Waals surface area contributed by atoms with Gasteiger partial charge in [0.15, 0.2) is 4.96 Å². The van der Waals surface area contributed by atoms with E-state index in [4.69, 9.17) is 9.72 Å². The molecule has 0 aliphatic rings. The number of fused-ring (bicyclic) bond motifs is 1. The van der Waals surface area contributed by atoms with Crippen LogP contribution < -0.4 is 0 Å². The number of amides is 1. The summed E-state index contributed by atoms with van der Waals surface area (Å²) in [7, 11) is 1.66. The van der Waals surface area contributed by atoms with Gasteiger partial charge in [0.1, 0.15) is 0 Å². The Bertz CT molecular complexity index is 826. The Labute approximate surface area is 151 Å². The number of hydrogen-bond donors (Lipinski definition) is 0. The fourth-order valence-corrected chi connectivity index (χ4v) is 3.70. The van der Waals surface area contributed by atoms with E-state index in [-0.39, 0.29) is 5.91 Å². The number of ether oxygens (including phenoxy) is 1. The van der Waals surface area contributed by atoms with Crippen LogP contribution in [0, 0.1) is 0 Å². The summed E-state index contributed by atoms with van der Waals surface area (Å²) in [5, 5.41) is 2.13. The van der Waals surface area contributed by atoms with Crippen molar-refractivity contribution in [2.45, 2.75) is 19.8 Å². The zero-order valence-corrected chi connectivity index (χ0v) is 15.5. The van der Waals surface area contributed by atoms with Crippen LogP contribution in [-0.2, 0) is 16.0 Å². The fraction of sp³-hybridized carbons (Fsp3) is 0.368. The predicted molar refractivity (Wildman–Crippen MR) is 101 cm³/mol. The molecule has 0 saturated heterocycles. The summed E-state index contributed by atoms with van der Waals surface area (Å²) in [5.41, 5.74) is 3.28. The quantitative estimate of drug-likeness (QED) is 0.620. The molecule has 3 aromatic rings. The maximum Gasteiger partial charge on any atom is 0.222 e. The van der Waals surface area contributed by atoms with E-state index in [0.29, 0.717) is 26.1 Å². The molecule has 0 N–H and O–H groups in total. The lowest BCUT2D eigenvalue weighted by atomic mass is 10.2. The first kappa shape index (κ1) is 17.6. The van der Waals surface area contributed by atoms with Crippen molar-refractivity contribution in [2.24, 2.45) is 0 Å². The Morgan fingerprint density at radius 3 is 2.80 bits per heavy atom. The van der Waals surface area contributed by atoms with Crippen molar-refractivity contribution in [3.63, 3.8) is 0 Å². The van der Waals surface area contributed by atoms with Crippen LogP contribution in [0.3, 0.4) is 0 Å². The number of nitrogens with zero attached hydrogens (tertiary/aromatic N) is 3. The SMILES string of the molecule is CCC(=O)N(CCOC)CCc1csc2nc(-c3ccccc3)cn12. The minimum Gasteiger partial charge on any atom is -0.383 e. The van der Waals surface area contributed by atoms with Crippen LogP contribution in [0.4, 0.5) is 0 Å². The van der Waals surface area contributed by atoms with Crippen LogP contribution in [0.5, 0.6) is 0 Å². The van der Waals surface area contributed by atoms with E-state index in [1.165, 1.54) is 5.69 Å². The molecule has 6 heteroatoms. The number of rotatable bonds is 8. The van der Waals surface area contributed by atoms with Gasteiger partial charge in [0, 0.05) is 55.9 Å². The highest BCUT2D eigenvalue weighted by Gasteiger charge is 2.14. The van der Waals surface area contributed by atoms with Crippen molar-refractivity contribution in [1.82, 2.24) is 14.3 Å². The summed E-state index contributed by atoms with van der Waals surface area (Å²) in [6.07, 6.45) is 3.41. The van der Waals surface area contributed by atoms with E-state index in [9.17, 15) is 4.79 Å². The van der Waals surface area contributed by atoms with Crippen molar-refractivity contribution < 1.29 is 9.53 Å². The number of benzene rings is 1. The van der Waals surface area contributed by atoms with Gasteiger partial charge >= 0.3 is 0 Å². The molecule has 3 rings (SSSR count). The Morgan fingerprint density at radius 2 is 2.08 bits per heavy atom. The number of methoxy groups -OCH3 is 1. The summed E-state index contributed by atoms with van der Waals surface area (Å²) in [6, 6.07) is 10.2. The van der Waals surface area contributed by atoms with E-state index in [2.05, 4.69) is 28.1 Å². The minimum absolute atomic E-state index is 0.166. The van der Waals surface area contributed by atoms with Crippen molar-refractivity contribution in [3.05, 3.63) is 47.6 Å². The van der Waals surface area contributed by atoms with Gasteiger partial charge in [-0.2, -0.15) is 0 Å². The van der Waals surface area contributed by atoms with E-state index in [0.717, 1.165) is 22.6 Å². The van der Waals surface area contributed by atoms with Crippen molar-refractivity contribution >= 4 is 22.2 Å². The third-order valence-corrected chi connectivity index (χ3v) is 5.10. The highest BCUT2D eigenvalue weighted by molar-refractivity contribution is 7.15. The third-order valence-electron chi connectivity index (χ3n) is 4.21. The largest absolute Gasteiger partial charge is 0.383 e. The summed E-state index contributed by atoms with van der Waals surface area (Å²) in [4.78, 5) is 19.7. The monoisotopic (exact) mass is 357 g/mol. The lowest BCUT2D eigenvalue weighted by Crippen LogP contribution is -2.35. The zero-order chi connectivity index (χ0) is 17.6. The number of carbonyl (C=O) groups is 1. The van der Waals surface area contributed by atoms with Gasteiger partial charge in [0.2, 0.25) is 5.91 Å². The highest BCUT2D eigenvalue weighted by Crippen LogP contribution is 2.23. The van der Waals surface area contributed by atoms with E-state index in [1.54, 1.807) is 18.4 Å². The molecular formula is C19H23N3O2S. The first-order valence-electron chi connectivity index (χ1n) is 8.50. The van der Waals surface area contributed by atoms with Gasteiger partial charge in [-0.05, 0) is 0 Å². The van der Waals surface area contributed by atoms with Gasteiger partial charge in [0.05, 0.1) is 12.3 Å². The highest BCUT2D eigenvalue weighted by atomic mass is 32.1. The Hall–Kier alpha value is -2.18. The van der Waals surface area contributed by atoms with Gasteiger partial charge in [-0.15, -0.1) is 11.3 Å². The first-order chi connectivity index (χ1) is 12.2. The Kier molecular flexibility index (Phi) is 5.83. The Morgan fingerprint density at radius 1 is 1.28 bits per heavy atom. The maximum atomic E-state index is 12.1. The molecule has 0 radical (unpaired) electrons. The summed E-state index contributed by atoms with van der Waals surface area (Å²) < 4.78 is 7.26. The van der Waals surface area contributed by atoms with E-state index >= 15 is 0 Å². The molecule has 132 valence electrons. The van der Waals surface area contributed by atoms with Crippen molar-refractivity contribution in [2.75, 3.05) is 26.8 Å². The summed E-state index contributed by atoms with van der Waals surface area (Å²) >= 11 is 1.64.